The lowest BCUT2D eigenvalue weighted by Crippen LogP contribution is -2.64. The van der Waals surface area contributed by atoms with Crippen molar-refractivity contribution < 1.29 is 0 Å². The van der Waals surface area contributed by atoms with Gasteiger partial charge in [-0.3, -0.25) is 0 Å². The molecule has 7 aromatic carbocycles. The van der Waals surface area contributed by atoms with Gasteiger partial charge in [0.1, 0.15) is 0 Å². The Balaban J connectivity index is 1.05. The first-order chi connectivity index (χ1) is 35.1. The molecule has 4 aliphatic carbocycles. The van der Waals surface area contributed by atoms with Gasteiger partial charge in [-0.05, 0) is 207 Å². The molecule has 2 atom stereocenters. The molecule has 0 amide bonds. The van der Waals surface area contributed by atoms with Crippen LogP contribution in [0.25, 0.3) is 11.1 Å². The summed E-state index contributed by atoms with van der Waals surface area (Å²) < 4.78 is 0. The number of hydrogen-bond donors (Lipinski definition) is 0. The highest BCUT2D eigenvalue weighted by molar-refractivity contribution is 7.00. The van der Waals surface area contributed by atoms with Gasteiger partial charge in [-0.25, -0.2) is 0 Å². The van der Waals surface area contributed by atoms with Gasteiger partial charge >= 0.3 is 0 Å². The molecule has 3 nitrogen and oxygen atoms in total. The number of fused-ring (bicyclic) bond motifs is 12. The molecule has 4 heteroatoms. The van der Waals surface area contributed by atoms with Crippen molar-refractivity contribution in [3.63, 3.8) is 0 Å². The molecule has 1 fully saturated rings. The molecular weight excluding hydrogens is 894 g/mol. The Morgan fingerprint density at radius 2 is 0.986 bits per heavy atom. The maximum Gasteiger partial charge on any atom is 0.252 e. The Bertz CT molecular complexity index is 3510. The van der Waals surface area contributed by atoms with Crippen molar-refractivity contribution in [2.45, 2.75) is 179 Å². The molecule has 3 aliphatic heterocycles. The average Bonchev–Trinajstić information content (AvgIpc) is 3.73. The second-order valence-corrected chi connectivity index (χ2v) is 27.9. The van der Waals surface area contributed by atoms with Crippen LogP contribution in [0.15, 0.2) is 127 Å². The molecule has 7 aliphatic rings. The lowest BCUT2D eigenvalue weighted by molar-refractivity contribution is 0.195. The molecule has 3 heterocycles. The molecule has 0 spiro atoms. The molecule has 0 aromatic heterocycles. The largest absolute Gasteiger partial charge is 0.335 e. The van der Waals surface area contributed by atoms with Crippen LogP contribution in [0.2, 0.25) is 0 Å². The molecule has 7 aromatic rings. The fourth-order valence-electron chi connectivity index (χ4n) is 16.5. The molecular formula is C70H76BN3. The fourth-order valence-corrected chi connectivity index (χ4v) is 16.5. The van der Waals surface area contributed by atoms with Gasteiger partial charge in [0.05, 0.1) is 5.54 Å². The van der Waals surface area contributed by atoms with Crippen LogP contribution in [0.3, 0.4) is 0 Å². The van der Waals surface area contributed by atoms with Gasteiger partial charge in [0.15, 0.2) is 0 Å². The smallest absolute Gasteiger partial charge is 0.252 e. The normalized spacial score (nSPS) is 23.9. The highest BCUT2D eigenvalue weighted by Gasteiger charge is 2.61. The highest BCUT2D eigenvalue weighted by Crippen LogP contribution is 2.62. The van der Waals surface area contributed by atoms with Crippen LogP contribution in [-0.4, -0.2) is 12.3 Å². The number of hydrogen-bond acceptors (Lipinski definition) is 3. The zero-order chi connectivity index (χ0) is 51.4. The first kappa shape index (κ1) is 46.5. The SMILES string of the molecule is Cc1cc2c3c(c1)N1c4c(cccc4C4(C)CCCCC14C)B3c1ccc(N(c3ccc4c(c3)C(C)(C)CCC4(C)C)c3ccc4c(c3)C(C)(C)CCC4(C)C)cc1N2c1ccc2c(c1)-c1ccccc1C2(C)C. The molecule has 0 saturated heterocycles. The maximum atomic E-state index is 2.87. The van der Waals surface area contributed by atoms with E-state index in [4.69, 9.17) is 0 Å². The minimum absolute atomic E-state index is 0.0220. The molecule has 0 radical (unpaired) electrons. The third-order valence-electron chi connectivity index (χ3n) is 21.4. The Morgan fingerprint density at radius 3 is 1.66 bits per heavy atom. The number of aryl methyl sites for hydroxylation is 1. The van der Waals surface area contributed by atoms with E-state index in [-0.39, 0.29) is 44.7 Å². The lowest BCUT2D eigenvalue weighted by atomic mass is 9.33. The van der Waals surface area contributed by atoms with Gasteiger partial charge in [-0.2, -0.15) is 0 Å². The average molecular weight is 970 g/mol. The summed E-state index contributed by atoms with van der Waals surface area (Å²) in [5, 5.41) is 0. The molecule has 0 N–H and O–H groups in total. The van der Waals surface area contributed by atoms with Gasteiger partial charge in [-0.1, -0.05) is 156 Å². The third-order valence-corrected chi connectivity index (χ3v) is 21.4. The second-order valence-electron chi connectivity index (χ2n) is 27.9. The van der Waals surface area contributed by atoms with Gasteiger partial charge in [0, 0.05) is 56.3 Å². The summed E-state index contributed by atoms with van der Waals surface area (Å²) >= 11 is 0. The fraction of sp³-hybridized carbons (Fsp3) is 0.400. The predicted octanol–water partition coefficient (Wildman–Crippen LogP) is 16.8. The summed E-state index contributed by atoms with van der Waals surface area (Å²) in [6.45, 7) is 32.1. The zero-order valence-electron chi connectivity index (χ0n) is 46.7. The number of para-hydroxylation sites is 1. The minimum atomic E-state index is -0.0812. The highest BCUT2D eigenvalue weighted by atomic mass is 15.3. The molecule has 1 saturated carbocycles. The summed E-state index contributed by atoms with van der Waals surface area (Å²) in [5.41, 5.74) is 29.3. The van der Waals surface area contributed by atoms with Crippen molar-refractivity contribution >= 4 is 68.6 Å². The topological polar surface area (TPSA) is 9.72 Å². The van der Waals surface area contributed by atoms with E-state index in [0.717, 1.165) is 0 Å². The van der Waals surface area contributed by atoms with Crippen LogP contribution in [0.4, 0.5) is 45.5 Å². The molecule has 14 rings (SSSR count). The van der Waals surface area contributed by atoms with E-state index in [1.165, 1.54) is 163 Å². The predicted molar refractivity (Wildman–Crippen MR) is 316 cm³/mol. The van der Waals surface area contributed by atoms with E-state index in [9.17, 15) is 0 Å². The summed E-state index contributed by atoms with van der Waals surface area (Å²) in [6, 6.07) is 51.7. The van der Waals surface area contributed by atoms with Crippen LogP contribution in [0, 0.1) is 6.92 Å². The van der Waals surface area contributed by atoms with Crippen LogP contribution < -0.4 is 31.1 Å². The van der Waals surface area contributed by atoms with E-state index in [2.05, 4.69) is 232 Å². The quantitative estimate of drug-likeness (QED) is 0.163. The minimum Gasteiger partial charge on any atom is -0.335 e. The number of anilines is 8. The van der Waals surface area contributed by atoms with Crippen molar-refractivity contribution in [3.05, 3.63) is 172 Å². The van der Waals surface area contributed by atoms with Crippen molar-refractivity contribution in [1.82, 2.24) is 0 Å². The first-order valence-corrected chi connectivity index (χ1v) is 28.4. The van der Waals surface area contributed by atoms with Crippen LogP contribution >= 0.6 is 0 Å². The van der Waals surface area contributed by atoms with Crippen LogP contribution in [0.1, 0.15) is 179 Å². The van der Waals surface area contributed by atoms with Gasteiger partial charge in [0.2, 0.25) is 0 Å². The van der Waals surface area contributed by atoms with Crippen molar-refractivity contribution in [2.75, 3.05) is 14.7 Å². The monoisotopic (exact) mass is 970 g/mol. The van der Waals surface area contributed by atoms with Crippen molar-refractivity contribution in [2.24, 2.45) is 0 Å². The molecule has 74 heavy (non-hydrogen) atoms. The zero-order valence-corrected chi connectivity index (χ0v) is 46.7. The summed E-state index contributed by atoms with van der Waals surface area (Å²) in [5.74, 6) is 0. The standard InChI is InChI=1S/C70H76BN3/c1-43-37-60-62-61(38-43)74-63-54(69(12)31-16-17-32-70(69,74)13)21-18-22-58(63)71(62)57-30-26-47(42-59(57)73(60)44-23-27-51-49(39-44)48-19-14-15-20-50(48)68(51,10)11)72(45-24-28-52-55(40-45)66(6,7)35-33-64(52,2)3)46-25-29-53-56(41-46)67(8,9)36-34-65(53,4)5/h14-15,18-30,37-42H,16-17,31-36H2,1-13H3. The summed E-state index contributed by atoms with van der Waals surface area (Å²) in [7, 11) is 0. The Kier molecular flexibility index (Phi) is 9.36. The molecule has 0 bridgehead atoms. The number of nitrogens with zero attached hydrogens (tertiary/aromatic N) is 3. The lowest BCUT2D eigenvalue weighted by Gasteiger charge is -2.53. The third kappa shape index (κ3) is 6.03. The Labute approximate surface area is 443 Å². The van der Waals surface area contributed by atoms with Crippen molar-refractivity contribution in [3.8, 4) is 11.1 Å². The molecule has 374 valence electrons. The van der Waals surface area contributed by atoms with Gasteiger partial charge in [-0.15, -0.1) is 0 Å². The van der Waals surface area contributed by atoms with E-state index < -0.39 is 0 Å². The van der Waals surface area contributed by atoms with Gasteiger partial charge in [0.25, 0.3) is 6.71 Å². The van der Waals surface area contributed by atoms with E-state index >= 15 is 0 Å². The number of benzene rings is 7. The van der Waals surface area contributed by atoms with Gasteiger partial charge < -0.3 is 14.7 Å². The summed E-state index contributed by atoms with van der Waals surface area (Å²) in [6.07, 6.45) is 9.71. The Morgan fingerprint density at radius 1 is 0.432 bits per heavy atom. The second kappa shape index (κ2) is 14.9. The maximum absolute atomic E-state index is 2.87. The summed E-state index contributed by atoms with van der Waals surface area (Å²) in [4.78, 5) is 8.19. The number of rotatable bonds is 4. The van der Waals surface area contributed by atoms with E-state index in [0.29, 0.717) is 0 Å². The first-order valence-electron chi connectivity index (χ1n) is 28.4. The van der Waals surface area contributed by atoms with E-state index in [1.807, 2.05) is 0 Å². The van der Waals surface area contributed by atoms with Crippen LogP contribution in [-0.2, 0) is 32.5 Å². The Hall–Kier alpha value is -6.00. The van der Waals surface area contributed by atoms with Crippen molar-refractivity contribution in [1.29, 1.82) is 0 Å². The van der Waals surface area contributed by atoms with Crippen LogP contribution in [0.5, 0.6) is 0 Å². The van der Waals surface area contributed by atoms with E-state index in [1.54, 1.807) is 5.56 Å². The molecule has 2 unspecified atom stereocenters.